The van der Waals surface area contributed by atoms with Crippen LogP contribution in [0.2, 0.25) is 0 Å². The molecule has 0 saturated heterocycles. The fourth-order valence-corrected chi connectivity index (χ4v) is 1.95. The van der Waals surface area contributed by atoms with Crippen molar-refractivity contribution in [1.29, 1.82) is 0 Å². The first-order valence-electron chi connectivity index (χ1n) is 5.45. The van der Waals surface area contributed by atoms with E-state index in [1.165, 1.54) is 0 Å². The summed E-state index contributed by atoms with van der Waals surface area (Å²) in [6.07, 6.45) is 0. The molecule has 90 valence electrons. The van der Waals surface area contributed by atoms with Crippen LogP contribution in [0.15, 0.2) is 11.1 Å². The van der Waals surface area contributed by atoms with Crippen molar-refractivity contribution in [2.24, 2.45) is 5.92 Å². The van der Waals surface area contributed by atoms with Gasteiger partial charge in [0.2, 0.25) is 0 Å². The van der Waals surface area contributed by atoms with Crippen molar-refractivity contribution in [3.63, 3.8) is 0 Å². The SMILES string of the molecule is CCOCc1nc(N)cc(SCC(C)C)n1. The molecule has 0 aromatic carbocycles. The van der Waals surface area contributed by atoms with Crippen molar-refractivity contribution < 1.29 is 4.74 Å². The topological polar surface area (TPSA) is 61.0 Å². The van der Waals surface area contributed by atoms with E-state index in [-0.39, 0.29) is 0 Å². The number of aromatic nitrogens is 2. The Kier molecular flexibility index (Phi) is 5.55. The normalized spacial score (nSPS) is 11.0. The number of hydrogen-bond acceptors (Lipinski definition) is 5. The number of hydrogen-bond donors (Lipinski definition) is 1. The van der Waals surface area contributed by atoms with Gasteiger partial charge < -0.3 is 10.5 Å². The summed E-state index contributed by atoms with van der Waals surface area (Å²) in [5.74, 6) is 2.84. The Morgan fingerprint density at radius 3 is 2.81 bits per heavy atom. The average Bonchev–Trinajstić information content (AvgIpc) is 2.23. The van der Waals surface area contributed by atoms with Gasteiger partial charge in [-0.1, -0.05) is 13.8 Å². The van der Waals surface area contributed by atoms with Gasteiger partial charge in [0.15, 0.2) is 5.82 Å². The minimum atomic E-state index is 0.427. The molecule has 0 bridgehead atoms. The van der Waals surface area contributed by atoms with Crippen molar-refractivity contribution >= 4 is 17.6 Å². The Labute approximate surface area is 101 Å². The summed E-state index contributed by atoms with van der Waals surface area (Å²) in [7, 11) is 0. The van der Waals surface area contributed by atoms with E-state index in [0.29, 0.717) is 30.8 Å². The number of ether oxygens (including phenoxy) is 1. The van der Waals surface area contributed by atoms with Gasteiger partial charge in [-0.15, -0.1) is 11.8 Å². The summed E-state index contributed by atoms with van der Waals surface area (Å²) < 4.78 is 5.27. The molecule has 1 rings (SSSR count). The Hall–Kier alpha value is -0.810. The molecule has 0 spiro atoms. The largest absolute Gasteiger partial charge is 0.384 e. The lowest BCUT2D eigenvalue weighted by Gasteiger charge is -2.07. The highest BCUT2D eigenvalue weighted by atomic mass is 32.2. The summed E-state index contributed by atoms with van der Waals surface area (Å²) in [5, 5.41) is 0.927. The fraction of sp³-hybridized carbons (Fsp3) is 0.636. The smallest absolute Gasteiger partial charge is 0.157 e. The highest BCUT2D eigenvalue weighted by molar-refractivity contribution is 7.99. The van der Waals surface area contributed by atoms with Crippen molar-refractivity contribution in [3.8, 4) is 0 Å². The first kappa shape index (κ1) is 13.3. The van der Waals surface area contributed by atoms with E-state index in [2.05, 4.69) is 23.8 Å². The summed E-state index contributed by atoms with van der Waals surface area (Å²) in [4.78, 5) is 8.52. The lowest BCUT2D eigenvalue weighted by Crippen LogP contribution is -2.03. The molecule has 1 aromatic heterocycles. The van der Waals surface area contributed by atoms with Gasteiger partial charge in [0, 0.05) is 18.4 Å². The molecule has 16 heavy (non-hydrogen) atoms. The minimum Gasteiger partial charge on any atom is -0.384 e. The second kappa shape index (κ2) is 6.70. The molecule has 4 nitrogen and oxygen atoms in total. The number of rotatable bonds is 6. The zero-order valence-corrected chi connectivity index (χ0v) is 10.9. The van der Waals surface area contributed by atoms with Crippen LogP contribution in [0.3, 0.4) is 0 Å². The molecule has 1 aromatic rings. The van der Waals surface area contributed by atoms with Crippen LogP contribution in [0.1, 0.15) is 26.6 Å². The van der Waals surface area contributed by atoms with Crippen LogP contribution in [0, 0.1) is 5.92 Å². The van der Waals surface area contributed by atoms with Crippen LogP contribution in [0.4, 0.5) is 5.82 Å². The van der Waals surface area contributed by atoms with Crippen LogP contribution >= 0.6 is 11.8 Å². The van der Waals surface area contributed by atoms with E-state index in [1.54, 1.807) is 11.8 Å². The first-order valence-corrected chi connectivity index (χ1v) is 6.44. The van der Waals surface area contributed by atoms with Crippen LogP contribution in [-0.4, -0.2) is 22.3 Å². The highest BCUT2D eigenvalue weighted by Crippen LogP contribution is 2.20. The zero-order chi connectivity index (χ0) is 12.0. The predicted octanol–water partition coefficient (Wildman–Crippen LogP) is 2.34. The van der Waals surface area contributed by atoms with Crippen molar-refractivity contribution in [1.82, 2.24) is 9.97 Å². The summed E-state index contributed by atoms with van der Waals surface area (Å²) in [5.41, 5.74) is 5.72. The molecule has 0 aliphatic heterocycles. The molecule has 0 aliphatic carbocycles. The van der Waals surface area contributed by atoms with Gasteiger partial charge in [-0.2, -0.15) is 0 Å². The maximum Gasteiger partial charge on any atom is 0.157 e. The third-order valence-corrected chi connectivity index (χ3v) is 3.11. The van der Waals surface area contributed by atoms with E-state index < -0.39 is 0 Å². The molecule has 0 amide bonds. The molecular formula is C11H19N3OS. The molecule has 0 aliphatic rings. The summed E-state index contributed by atoms with van der Waals surface area (Å²) >= 11 is 1.70. The predicted molar refractivity (Wildman–Crippen MR) is 67.3 cm³/mol. The monoisotopic (exact) mass is 241 g/mol. The van der Waals surface area contributed by atoms with Crippen LogP contribution in [-0.2, 0) is 11.3 Å². The highest BCUT2D eigenvalue weighted by Gasteiger charge is 2.04. The summed E-state index contributed by atoms with van der Waals surface area (Å²) in [6.45, 7) is 7.39. The molecule has 0 atom stereocenters. The van der Waals surface area contributed by atoms with Crippen LogP contribution in [0.25, 0.3) is 0 Å². The number of nitrogens with zero attached hydrogens (tertiary/aromatic N) is 2. The van der Waals surface area contributed by atoms with Crippen LogP contribution in [0.5, 0.6) is 0 Å². The maximum atomic E-state index is 5.72. The van der Waals surface area contributed by atoms with E-state index in [1.807, 2.05) is 13.0 Å². The first-order chi connectivity index (χ1) is 7.61. The van der Waals surface area contributed by atoms with Gasteiger partial charge in [-0.3, -0.25) is 0 Å². The average molecular weight is 241 g/mol. The third-order valence-electron chi connectivity index (χ3n) is 1.77. The molecule has 2 N–H and O–H groups in total. The third kappa shape index (κ3) is 4.81. The molecular weight excluding hydrogens is 222 g/mol. The number of thioether (sulfide) groups is 1. The lowest BCUT2D eigenvalue weighted by atomic mass is 10.3. The maximum absolute atomic E-state index is 5.72. The van der Waals surface area contributed by atoms with E-state index in [9.17, 15) is 0 Å². The van der Waals surface area contributed by atoms with Gasteiger partial charge in [0.1, 0.15) is 17.5 Å². The van der Waals surface area contributed by atoms with Crippen molar-refractivity contribution in [2.45, 2.75) is 32.4 Å². The lowest BCUT2D eigenvalue weighted by molar-refractivity contribution is 0.128. The molecule has 0 fully saturated rings. The number of anilines is 1. The van der Waals surface area contributed by atoms with Crippen molar-refractivity contribution in [3.05, 3.63) is 11.9 Å². The molecule has 1 heterocycles. The fourth-order valence-electron chi connectivity index (χ4n) is 1.08. The van der Waals surface area contributed by atoms with Gasteiger partial charge in [0.25, 0.3) is 0 Å². The van der Waals surface area contributed by atoms with Crippen molar-refractivity contribution in [2.75, 3.05) is 18.1 Å². The van der Waals surface area contributed by atoms with E-state index in [0.717, 1.165) is 10.8 Å². The van der Waals surface area contributed by atoms with Gasteiger partial charge in [-0.05, 0) is 12.8 Å². The standard InChI is InChI=1S/C11H19N3OS/c1-4-15-6-10-13-9(12)5-11(14-10)16-7-8(2)3/h5,8H,4,6-7H2,1-3H3,(H2,12,13,14). The number of nitrogens with two attached hydrogens (primary N) is 1. The minimum absolute atomic E-state index is 0.427. The Morgan fingerprint density at radius 1 is 1.44 bits per heavy atom. The Bertz CT molecular complexity index is 331. The second-order valence-electron chi connectivity index (χ2n) is 3.89. The Balaban J connectivity index is 2.65. The van der Waals surface area contributed by atoms with E-state index >= 15 is 0 Å². The second-order valence-corrected chi connectivity index (χ2v) is 4.93. The van der Waals surface area contributed by atoms with Gasteiger partial charge >= 0.3 is 0 Å². The van der Waals surface area contributed by atoms with Crippen LogP contribution < -0.4 is 5.73 Å². The van der Waals surface area contributed by atoms with Gasteiger partial charge in [0.05, 0.1) is 0 Å². The molecule has 0 radical (unpaired) electrons. The number of nitrogen functional groups attached to an aromatic ring is 1. The molecule has 5 heteroatoms. The Morgan fingerprint density at radius 2 is 2.19 bits per heavy atom. The molecule has 0 saturated carbocycles. The zero-order valence-electron chi connectivity index (χ0n) is 10.1. The quantitative estimate of drug-likeness (QED) is 0.612. The van der Waals surface area contributed by atoms with E-state index in [4.69, 9.17) is 10.5 Å². The van der Waals surface area contributed by atoms with Gasteiger partial charge in [-0.25, -0.2) is 9.97 Å². The molecule has 0 unspecified atom stereocenters. The summed E-state index contributed by atoms with van der Waals surface area (Å²) in [6, 6.07) is 1.81.